The lowest BCUT2D eigenvalue weighted by molar-refractivity contribution is -0.250. The zero-order valence-electron chi connectivity index (χ0n) is 38.9. The highest BCUT2D eigenvalue weighted by Gasteiger charge is 2.39. The number of rotatable bonds is 39. The first-order chi connectivity index (χ1) is 27.3. The van der Waals surface area contributed by atoms with Crippen LogP contribution in [0.2, 0.25) is 0 Å². The molecule has 0 aromatic carbocycles. The molecule has 1 fully saturated rings. The second kappa shape index (κ2) is 38.1. The molecule has 1 heterocycles. The molecule has 0 aromatic rings. The van der Waals surface area contributed by atoms with E-state index in [1.807, 2.05) is 0 Å². The number of unbranched alkanes of at least 4 members (excludes halogenated alkanes) is 27. The lowest BCUT2D eigenvalue weighted by Gasteiger charge is -2.43. The summed E-state index contributed by atoms with van der Waals surface area (Å²) in [5.74, 6) is 1.81. The molecule has 330 valence electrons. The van der Waals surface area contributed by atoms with E-state index >= 15 is 0 Å². The van der Waals surface area contributed by atoms with Crippen molar-refractivity contribution in [2.75, 3.05) is 6.61 Å². The van der Waals surface area contributed by atoms with Crippen LogP contribution >= 0.6 is 0 Å². The maximum atomic E-state index is 13.2. The summed E-state index contributed by atoms with van der Waals surface area (Å²) in [6, 6.07) is -0.0386. The van der Waals surface area contributed by atoms with E-state index in [2.05, 4.69) is 78.1 Å². The zero-order chi connectivity index (χ0) is 40.9. The number of allylic oxidation sites excluding steroid dienone is 3. The first-order valence-electron chi connectivity index (χ1n) is 25.2. The summed E-state index contributed by atoms with van der Waals surface area (Å²) in [4.78, 5) is 13.2. The Hall–Kier alpha value is -1.13. The van der Waals surface area contributed by atoms with Crippen molar-refractivity contribution in [3.8, 4) is 0 Å². The normalized spacial score (nSPS) is 21.3. The van der Waals surface area contributed by atoms with Crippen molar-refractivity contribution in [2.24, 2.45) is 23.7 Å². The van der Waals surface area contributed by atoms with Crippen LogP contribution in [-0.2, 0) is 14.3 Å². The summed E-state index contributed by atoms with van der Waals surface area (Å²) in [5.41, 5.74) is 0. The molecule has 0 radical (unpaired) electrons. The molecule has 0 saturated carbocycles. The van der Waals surface area contributed by atoms with Crippen molar-refractivity contribution < 1.29 is 14.3 Å². The summed E-state index contributed by atoms with van der Waals surface area (Å²) in [7, 11) is 0. The molecule has 1 rings (SSSR count). The molecule has 56 heavy (non-hydrogen) atoms. The van der Waals surface area contributed by atoms with Gasteiger partial charge in [0.1, 0.15) is 0 Å². The van der Waals surface area contributed by atoms with Gasteiger partial charge in [0.2, 0.25) is 5.91 Å². The van der Waals surface area contributed by atoms with E-state index < -0.39 is 0 Å². The SMILES string of the molecule is CCCCCCCC/C=C\CCCCCCCCCCCCCC(=O)N[C@@H](COC1OC(CC)C(C)C(C)C1C)[C@H](C)/C=C/CCCCCCCCCCCC. The summed E-state index contributed by atoms with van der Waals surface area (Å²) in [6.07, 6.45) is 51.2. The summed E-state index contributed by atoms with van der Waals surface area (Å²) in [5, 5.41) is 3.40. The van der Waals surface area contributed by atoms with E-state index in [1.165, 1.54) is 173 Å². The summed E-state index contributed by atoms with van der Waals surface area (Å²) >= 11 is 0. The number of hydrogen-bond donors (Lipinski definition) is 1. The molecule has 1 saturated heterocycles. The number of hydrogen-bond acceptors (Lipinski definition) is 3. The average Bonchev–Trinajstić information content (AvgIpc) is 3.20. The molecule has 1 aliphatic heterocycles. The van der Waals surface area contributed by atoms with Gasteiger partial charge in [0.25, 0.3) is 0 Å². The van der Waals surface area contributed by atoms with Gasteiger partial charge in [0.05, 0.1) is 18.8 Å². The number of carbonyl (C=O) groups excluding carboxylic acids is 1. The van der Waals surface area contributed by atoms with Crippen molar-refractivity contribution in [1.29, 1.82) is 0 Å². The summed E-state index contributed by atoms with van der Waals surface area (Å²) in [6.45, 7) is 16.5. The molecule has 1 aliphatic rings. The van der Waals surface area contributed by atoms with Gasteiger partial charge >= 0.3 is 0 Å². The molecule has 4 nitrogen and oxygen atoms in total. The zero-order valence-corrected chi connectivity index (χ0v) is 38.9. The fraction of sp³-hybridized carbons (Fsp3) is 0.904. The predicted octanol–water partition coefficient (Wildman–Crippen LogP) is 16.4. The first-order valence-corrected chi connectivity index (χ1v) is 25.2. The molecule has 0 bridgehead atoms. The van der Waals surface area contributed by atoms with Crippen molar-refractivity contribution in [2.45, 2.75) is 272 Å². The smallest absolute Gasteiger partial charge is 0.220 e. The largest absolute Gasteiger partial charge is 0.350 e. The average molecular weight is 786 g/mol. The Morgan fingerprint density at radius 3 is 1.41 bits per heavy atom. The second-order valence-corrected chi connectivity index (χ2v) is 18.2. The van der Waals surface area contributed by atoms with Crippen LogP contribution < -0.4 is 5.32 Å². The molecule has 0 aliphatic carbocycles. The third kappa shape index (κ3) is 28.3. The molecule has 0 aromatic heterocycles. The maximum absolute atomic E-state index is 13.2. The number of ether oxygens (including phenoxy) is 2. The Kier molecular flexibility index (Phi) is 36.0. The fourth-order valence-corrected chi connectivity index (χ4v) is 8.56. The van der Waals surface area contributed by atoms with Gasteiger partial charge in [0.15, 0.2) is 6.29 Å². The highest BCUT2D eigenvalue weighted by Crippen LogP contribution is 2.36. The molecular weight excluding hydrogens is 687 g/mol. The lowest BCUT2D eigenvalue weighted by Crippen LogP contribution is -2.48. The first kappa shape index (κ1) is 52.9. The van der Waals surface area contributed by atoms with Crippen molar-refractivity contribution in [3.05, 3.63) is 24.3 Å². The quantitative estimate of drug-likeness (QED) is 0.0499. The Bertz CT molecular complexity index is 914. The van der Waals surface area contributed by atoms with Crippen LogP contribution in [0.1, 0.15) is 254 Å². The Balaban J connectivity index is 2.29. The van der Waals surface area contributed by atoms with Crippen LogP contribution in [0.15, 0.2) is 24.3 Å². The van der Waals surface area contributed by atoms with E-state index in [4.69, 9.17) is 9.47 Å². The van der Waals surface area contributed by atoms with Gasteiger partial charge in [0, 0.05) is 12.3 Å². The van der Waals surface area contributed by atoms with Crippen molar-refractivity contribution in [3.63, 3.8) is 0 Å². The lowest BCUT2D eigenvalue weighted by atomic mass is 9.78. The van der Waals surface area contributed by atoms with E-state index in [0.717, 1.165) is 25.7 Å². The van der Waals surface area contributed by atoms with Crippen LogP contribution in [-0.4, -0.2) is 30.9 Å². The molecule has 1 N–H and O–H groups in total. The Morgan fingerprint density at radius 2 is 0.964 bits per heavy atom. The van der Waals surface area contributed by atoms with Gasteiger partial charge < -0.3 is 14.8 Å². The number of amides is 1. The van der Waals surface area contributed by atoms with Gasteiger partial charge in [-0.1, -0.05) is 220 Å². The predicted molar refractivity (Wildman–Crippen MR) is 246 cm³/mol. The minimum absolute atomic E-state index is 0.0386. The fourth-order valence-electron chi connectivity index (χ4n) is 8.56. The van der Waals surface area contributed by atoms with Crippen LogP contribution in [0.4, 0.5) is 0 Å². The monoisotopic (exact) mass is 786 g/mol. The molecule has 5 unspecified atom stereocenters. The number of carbonyl (C=O) groups is 1. The summed E-state index contributed by atoms with van der Waals surface area (Å²) < 4.78 is 13.0. The number of nitrogens with one attached hydrogen (secondary N) is 1. The molecule has 7 atom stereocenters. The minimum Gasteiger partial charge on any atom is -0.350 e. The minimum atomic E-state index is -0.208. The highest BCUT2D eigenvalue weighted by atomic mass is 16.7. The van der Waals surface area contributed by atoms with Gasteiger partial charge in [-0.3, -0.25) is 4.79 Å². The standard InChI is InChI=1S/C52H99NO3/c1-8-11-13-15-17-19-21-23-24-25-26-27-28-29-30-31-33-35-37-39-41-43-51(54)53-49(44-55-52-48(7)46(5)47(6)50(10-3)56-52)45(4)42-40-38-36-34-32-22-20-18-16-14-12-9-2/h23-24,40,42,45-50,52H,8-22,25-39,41,43-44H2,1-7H3,(H,53,54)/b24-23-,42-40+/t45-,46?,47?,48?,49+,50?,52?/m1/s1. The third-order valence-corrected chi connectivity index (χ3v) is 13.1. The van der Waals surface area contributed by atoms with Crippen LogP contribution in [0.25, 0.3) is 0 Å². The second-order valence-electron chi connectivity index (χ2n) is 18.2. The van der Waals surface area contributed by atoms with E-state index in [1.54, 1.807) is 0 Å². The highest BCUT2D eigenvalue weighted by molar-refractivity contribution is 5.76. The van der Waals surface area contributed by atoms with Gasteiger partial charge in [-0.25, -0.2) is 0 Å². The molecule has 0 spiro atoms. The van der Waals surface area contributed by atoms with Gasteiger partial charge in [-0.2, -0.15) is 0 Å². The molecule has 1 amide bonds. The topological polar surface area (TPSA) is 47.6 Å². The van der Waals surface area contributed by atoms with Crippen molar-refractivity contribution in [1.82, 2.24) is 5.32 Å². The van der Waals surface area contributed by atoms with E-state index in [9.17, 15) is 4.79 Å². The van der Waals surface area contributed by atoms with Crippen LogP contribution in [0, 0.1) is 23.7 Å². The van der Waals surface area contributed by atoms with E-state index in [-0.39, 0.29) is 30.3 Å². The Labute approximate surface area is 351 Å². The van der Waals surface area contributed by atoms with Gasteiger partial charge in [-0.05, 0) is 69.1 Å². The van der Waals surface area contributed by atoms with Gasteiger partial charge in [-0.15, -0.1) is 0 Å². The van der Waals surface area contributed by atoms with E-state index in [0.29, 0.717) is 30.8 Å². The Morgan fingerprint density at radius 1 is 0.554 bits per heavy atom. The third-order valence-electron chi connectivity index (χ3n) is 13.1. The maximum Gasteiger partial charge on any atom is 0.220 e. The van der Waals surface area contributed by atoms with Crippen LogP contribution in [0.5, 0.6) is 0 Å². The van der Waals surface area contributed by atoms with Crippen LogP contribution in [0.3, 0.4) is 0 Å². The molecular formula is C52H99NO3. The van der Waals surface area contributed by atoms with Crippen molar-refractivity contribution >= 4 is 5.91 Å². The molecule has 4 heteroatoms.